The lowest BCUT2D eigenvalue weighted by molar-refractivity contribution is 0.247. The lowest BCUT2D eigenvalue weighted by Crippen LogP contribution is -2.32. The molecule has 1 atom stereocenters. The number of rotatable bonds is 6. The molecule has 0 aliphatic heterocycles. The molecule has 4 heteroatoms. The Balaban J connectivity index is 2.62. The molecule has 0 bridgehead atoms. The van der Waals surface area contributed by atoms with Crippen molar-refractivity contribution in [1.29, 1.82) is 0 Å². The van der Waals surface area contributed by atoms with Crippen molar-refractivity contribution < 1.29 is 0 Å². The summed E-state index contributed by atoms with van der Waals surface area (Å²) in [5.41, 5.74) is 1.10. The SMILES string of the molecule is CCC(CSC)N(C)Cc1cccnc1Cl. The van der Waals surface area contributed by atoms with Crippen molar-refractivity contribution in [3.63, 3.8) is 0 Å². The van der Waals surface area contributed by atoms with Gasteiger partial charge in [0.25, 0.3) is 0 Å². The molecule has 0 saturated carbocycles. The molecule has 1 aromatic rings. The predicted molar refractivity (Wildman–Crippen MR) is 73.2 cm³/mol. The summed E-state index contributed by atoms with van der Waals surface area (Å²) < 4.78 is 0. The van der Waals surface area contributed by atoms with E-state index in [4.69, 9.17) is 11.6 Å². The van der Waals surface area contributed by atoms with Gasteiger partial charge in [-0.2, -0.15) is 11.8 Å². The van der Waals surface area contributed by atoms with E-state index >= 15 is 0 Å². The average molecular weight is 259 g/mol. The molecule has 1 unspecified atom stereocenters. The van der Waals surface area contributed by atoms with Crippen LogP contribution in [-0.2, 0) is 6.54 Å². The molecule has 0 aliphatic rings. The largest absolute Gasteiger partial charge is 0.298 e. The molecule has 16 heavy (non-hydrogen) atoms. The van der Waals surface area contributed by atoms with E-state index in [1.807, 2.05) is 23.9 Å². The second-order valence-electron chi connectivity index (χ2n) is 3.89. The van der Waals surface area contributed by atoms with Crippen LogP contribution < -0.4 is 0 Å². The first-order valence-electron chi connectivity index (χ1n) is 5.47. The van der Waals surface area contributed by atoms with Crippen LogP contribution in [0.1, 0.15) is 18.9 Å². The molecule has 0 saturated heterocycles. The number of nitrogens with zero attached hydrogens (tertiary/aromatic N) is 2. The molecule has 0 radical (unpaired) electrons. The summed E-state index contributed by atoms with van der Waals surface area (Å²) in [7, 11) is 2.15. The smallest absolute Gasteiger partial charge is 0.133 e. The van der Waals surface area contributed by atoms with E-state index < -0.39 is 0 Å². The van der Waals surface area contributed by atoms with Gasteiger partial charge in [-0.1, -0.05) is 24.6 Å². The molecule has 1 rings (SSSR count). The third kappa shape index (κ3) is 3.96. The van der Waals surface area contributed by atoms with Gasteiger partial charge in [0, 0.05) is 30.1 Å². The minimum Gasteiger partial charge on any atom is -0.298 e. The van der Waals surface area contributed by atoms with Gasteiger partial charge in [-0.15, -0.1) is 0 Å². The van der Waals surface area contributed by atoms with E-state index in [0.717, 1.165) is 24.3 Å². The number of halogens is 1. The maximum atomic E-state index is 6.05. The molecule has 90 valence electrons. The lowest BCUT2D eigenvalue weighted by Gasteiger charge is -2.26. The zero-order valence-electron chi connectivity index (χ0n) is 10.1. The quantitative estimate of drug-likeness (QED) is 0.729. The zero-order chi connectivity index (χ0) is 12.0. The summed E-state index contributed by atoms with van der Waals surface area (Å²) in [6.07, 6.45) is 5.04. The third-order valence-electron chi connectivity index (χ3n) is 2.71. The van der Waals surface area contributed by atoms with Crippen LogP contribution in [-0.4, -0.2) is 35.0 Å². The highest BCUT2D eigenvalue weighted by Gasteiger charge is 2.13. The van der Waals surface area contributed by atoms with Gasteiger partial charge in [0.1, 0.15) is 5.15 Å². The fourth-order valence-electron chi connectivity index (χ4n) is 1.68. The molecule has 0 fully saturated rings. The lowest BCUT2D eigenvalue weighted by atomic mass is 10.2. The topological polar surface area (TPSA) is 16.1 Å². The van der Waals surface area contributed by atoms with Crippen molar-refractivity contribution >= 4 is 23.4 Å². The third-order valence-corrected chi connectivity index (χ3v) is 3.77. The van der Waals surface area contributed by atoms with Crippen molar-refractivity contribution in [3.8, 4) is 0 Å². The summed E-state index contributed by atoms with van der Waals surface area (Å²) in [6.45, 7) is 3.09. The van der Waals surface area contributed by atoms with Crippen LogP contribution in [0.5, 0.6) is 0 Å². The maximum Gasteiger partial charge on any atom is 0.133 e. The van der Waals surface area contributed by atoms with Crippen LogP contribution >= 0.6 is 23.4 Å². The first-order valence-corrected chi connectivity index (χ1v) is 7.24. The van der Waals surface area contributed by atoms with Crippen LogP contribution in [0.4, 0.5) is 0 Å². The van der Waals surface area contributed by atoms with Gasteiger partial charge in [-0.05, 0) is 25.8 Å². The number of thioether (sulfide) groups is 1. The Bertz CT molecular complexity index is 320. The van der Waals surface area contributed by atoms with E-state index in [-0.39, 0.29) is 0 Å². The fraction of sp³-hybridized carbons (Fsp3) is 0.583. The van der Waals surface area contributed by atoms with Gasteiger partial charge in [0.15, 0.2) is 0 Å². The van der Waals surface area contributed by atoms with Gasteiger partial charge in [0.05, 0.1) is 0 Å². The van der Waals surface area contributed by atoms with Crippen molar-refractivity contribution in [2.24, 2.45) is 0 Å². The van der Waals surface area contributed by atoms with Gasteiger partial charge < -0.3 is 0 Å². The Kier molecular flexibility index (Phi) is 6.17. The van der Waals surface area contributed by atoms with Crippen molar-refractivity contribution in [3.05, 3.63) is 29.0 Å². The Morgan fingerprint density at radius 2 is 2.31 bits per heavy atom. The van der Waals surface area contributed by atoms with Gasteiger partial charge >= 0.3 is 0 Å². The molecule has 1 aromatic heterocycles. The molecular weight excluding hydrogens is 240 g/mol. The Morgan fingerprint density at radius 1 is 1.56 bits per heavy atom. The molecule has 0 aromatic carbocycles. The van der Waals surface area contributed by atoms with E-state index in [1.165, 1.54) is 0 Å². The van der Waals surface area contributed by atoms with Crippen LogP contribution in [0, 0.1) is 0 Å². The van der Waals surface area contributed by atoms with Gasteiger partial charge in [-0.3, -0.25) is 4.90 Å². The van der Waals surface area contributed by atoms with Crippen LogP contribution in [0.2, 0.25) is 5.15 Å². The molecule has 2 nitrogen and oxygen atoms in total. The summed E-state index contributed by atoms with van der Waals surface area (Å²) in [4.78, 5) is 6.44. The van der Waals surface area contributed by atoms with Crippen LogP contribution in [0.15, 0.2) is 18.3 Å². The number of hydrogen-bond donors (Lipinski definition) is 0. The standard InChI is InChI=1S/C12H19ClN2S/c1-4-11(9-16-3)15(2)8-10-6-5-7-14-12(10)13/h5-7,11H,4,8-9H2,1-3H3. The Hall–Kier alpha value is -0.250. The van der Waals surface area contributed by atoms with Gasteiger partial charge in [0.2, 0.25) is 0 Å². The minimum atomic E-state index is 0.603. The molecule has 1 heterocycles. The summed E-state index contributed by atoms with van der Waals surface area (Å²) in [6, 6.07) is 4.58. The van der Waals surface area contributed by atoms with Crippen molar-refractivity contribution in [2.45, 2.75) is 25.9 Å². The van der Waals surface area contributed by atoms with E-state index in [0.29, 0.717) is 11.2 Å². The monoisotopic (exact) mass is 258 g/mol. The number of pyridine rings is 1. The van der Waals surface area contributed by atoms with Crippen LogP contribution in [0.25, 0.3) is 0 Å². The molecule has 0 amide bonds. The summed E-state index contributed by atoms with van der Waals surface area (Å²) in [5, 5.41) is 0.619. The summed E-state index contributed by atoms with van der Waals surface area (Å²) >= 11 is 7.94. The van der Waals surface area contributed by atoms with E-state index in [2.05, 4.69) is 30.1 Å². The summed E-state index contributed by atoms with van der Waals surface area (Å²) in [5.74, 6) is 1.16. The zero-order valence-corrected chi connectivity index (χ0v) is 11.7. The minimum absolute atomic E-state index is 0.603. The molecular formula is C12H19ClN2S. The average Bonchev–Trinajstić information content (AvgIpc) is 2.29. The number of aromatic nitrogens is 1. The highest BCUT2D eigenvalue weighted by atomic mass is 35.5. The first-order chi connectivity index (χ1) is 7.69. The normalized spacial score (nSPS) is 13.1. The van der Waals surface area contributed by atoms with E-state index in [9.17, 15) is 0 Å². The van der Waals surface area contributed by atoms with E-state index in [1.54, 1.807) is 6.20 Å². The molecule has 0 spiro atoms. The highest BCUT2D eigenvalue weighted by Crippen LogP contribution is 2.16. The number of hydrogen-bond acceptors (Lipinski definition) is 3. The second-order valence-corrected chi connectivity index (χ2v) is 5.15. The Labute approximate surface area is 107 Å². The fourth-order valence-corrected chi connectivity index (χ4v) is 2.74. The highest BCUT2D eigenvalue weighted by molar-refractivity contribution is 7.98. The first kappa shape index (κ1) is 13.8. The van der Waals surface area contributed by atoms with Crippen LogP contribution in [0.3, 0.4) is 0 Å². The molecule has 0 aliphatic carbocycles. The second kappa shape index (κ2) is 7.15. The maximum absolute atomic E-state index is 6.05. The van der Waals surface area contributed by atoms with Crippen molar-refractivity contribution in [1.82, 2.24) is 9.88 Å². The van der Waals surface area contributed by atoms with Gasteiger partial charge in [-0.25, -0.2) is 4.98 Å². The molecule has 0 N–H and O–H groups in total. The van der Waals surface area contributed by atoms with Crippen molar-refractivity contribution in [2.75, 3.05) is 19.1 Å². The predicted octanol–water partition coefficient (Wildman–Crippen LogP) is 3.31. The Morgan fingerprint density at radius 3 is 2.88 bits per heavy atom.